The summed E-state index contributed by atoms with van der Waals surface area (Å²) in [6.45, 7) is 3.26. The predicted molar refractivity (Wildman–Crippen MR) is 76.9 cm³/mol. The number of halogens is 2. The van der Waals surface area contributed by atoms with Gasteiger partial charge in [0, 0.05) is 12.6 Å². The van der Waals surface area contributed by atoms with Crippen molar-refractivity contribution in [3.63, 3.8) is 0 Å². The molecule has 0 heterocycles. The number of benzene rings is 1. The van der Waals surface area contributed by atoms with E-state index in [9.17, 15) is 8.42 Å². The van der Waals surface area contributed by atoms with Crippen molar-refractivity contribution in [3.8, 4) is 0 Å². The van der Waals surface area contributed by atoms with Gasteiger partial charge in [-0.1, -0.05) is 30.1 Å². The Labute approximate surface area is 122 Å². The highest BCUT2D eigenvalue weighted by atomic mass is 35.5. The van der Waals surface area contributed by atoms with E-state index in [1.807, 2.05) is 0 Å². The zero-order chi connectivity index (χ0) is 14.8. The SMILES string of the molecule is CC(CO)C(C)NS(=O)(=O)c1ccc(Cl)c(N)c1Cl. The molecule has 1 aromatic carbocycles. The number of anilines is 1. The Hall–Kier alpha value is -0.530. The Morgan fingerprint density at radius 3 is 2.47 bits per heavy atom. The quantitative estimate of drug-likeness (QED) is 0.720. The molecule has 0 aliphatic heterocycles. The molecule has 108 valence electrons. The average molecular weight is 327 g/mol. The lowest BCUT2D eigenvalue weighted by Crippen LogP contribution is -2.38. The molecule has 0 saturated heterocycles. The van der Waals surface area contributed by atoms with Gasteiger partial charge in [-0.2, -0.15) is 0 Å². The smallest absolute Gasteiger partial charge is 0.242 e. The van der Waals surface area contributed by atoms with Gasteiger partial charge < -0.3 is 10.8 Å². The zero-order valence-electron chi connectivity index (χ0n) is 10.5. The molecule has 0 amide bonds. The number of nitrogens with one attached hydrogen (secondary N) is 1. The lowest BCUT2D eigenvalue weighted by molar-refractivity contribution is 0.216. The number of hydrogen-bond acceptors (Lipinski definition) is 4. The summed E-state index contributed by atoms with van der Waals surface area (Å²) in [6, 6.07) is 2.22. The van der Waals surface area contributed by atoms with E-state index < -0.39 is 16.1 Å². The fourth-order valence-corrected chi connectivity index (χ4v) is 3.46. The van der Waals surface area contributed by atoms with Crippen molar-refractivity contribution in [2.24, 2.45) is 5.92 Å². The molecule has 0 aliphatic carbocycles. The second-order valence-electron chi connectivity index (χ2n) is 4.34. The van der Waals surface area contributed by atoms with E-state index in [0.717, 1.165) is 0 Å². The Morgan fingerprint density at radius 1 is 1.37 bits per heavy atom. The molecule has 0 aliphatic rings. The van der Waals surface area contributed by atoms with E-state index in [1.165, 1.54) is 12.1 Å². The summed E-state index contributed by atoms with van der Waals surface area (Å²) in [6.07, 6.45) is 0. The van der Waals surface area contributed by atoms with Gasteiger partial charge in [0.2, 0.25) is 10.0 Å². The standard InChI is InChI=1S/C11H16Cl2N2O3S/c1-6(5-16)7(2)15-19(17,18)9-4-3-8(12)11(14)10(9)13/h3-4,6-7,15-16H,5,14H2,1-2H3. The number of rotatable bonds is 5. The third kappa shape index (κ3) is 3.73. The third-order valence-corrected chi connectivity index (χ3v) is 5.31. The monoisotopic (exact) mass is 326 g/mol. The summed E-state index contributed by atoms with van der Waals surface area (Å²) in [4.78, 5) is -0.131. The van der Waals surface area contributed by atoms with Gasteiger partial charge >= 0.3 is 0 Å². The van der Waals surface area contributed by atoms with Crippen molar-refractivity contribution < 1.29 is 13.5 Å². The van der Waals surface area contributed by atoms with Gasteiger partial charge in [0.05, 0.1) is 15.7 Å². The van der Waals surface area contributed by atoms with Crippen molar-refractivity contribution in [3.05, 3.63) is 22.2 Å². The van der Waals surface area contributed by atoms with Crippen LogP contribution in [0.1, 0.15) is 13.8 Å². The minimum atomic E-state index is -3.82. The Bertz CT molecular complexity index is 563. The number of hydrogen-bond donors (Lipinski definition) is 3. The molecule has 0 spiro atoms. The lowest BCUT2D eigenvalue weighted by atomic mass is 10.1. The topological polar surface area (TPSA) is 92.4 Å². The number of aliphatic hydroxyl groups is 1. The molecular formula is C11H16Cl2N2O3S. The van der Waals surface area contributed by atoms with Crippen LogP contribution in [0.5, 0.6) is 0 Å². The third-order valence-electron chi connectivity index (χ3n) is 2.86. The molecule has 19 heavy (non-hydrogen) atoms. The fourth-order valence-electron chi connectivity index (χ4n) is 1.34. The Morgan fingerprint density at radius 2 is 1.95 bits per heavy atom. The van der Waals surface area contributed by atoms with E-state index >= 15 is 0 Å². The van der Waals surface area contributed by atoms with E-state index in [4.69, 9.17) is 34.0 Å². The van der Waals surface area contributed by atoms with E-state index in [1.54, 1.807) is 13.8 Å². The largest absolute Gasteiger partial charge is 0.396 e. The van der Waals surface area contributed by atoms with Crippen LogP contribution in [0, 0.1) is 5.92 Å². The van der Waals surface area contributed by atoms with Gasteiger partial charge in [0.15, 0.2) is 0 Å². The van der Waals surface area contributed by atoms with Gasteiger partial charge in [-0.15, -0.1) is 0 Å². The molecule has 0 bridgehead atoms. The number of sulfonamides is 1. The Kier molecular flexibility index (Phi) is 5.46. The van der Waals surface area contributed by atoms with Crippen LogP contribution in [0.4, 0.5) is 5.69 Å². The minimum absolute atomic E-state index is 0.0223. The minimum Gasteiger partial charge on any atom is -0.396 e. The van der Waals surface area contributed by atoms with Crippen LogP contribution in [-0.2, 0) is 10.0 Å². The first kappa shape index (κ1) is 16.5. The van der Waals surface area contributed by atoms with Crippen molar-refractivity contribution >= 4 is 38.9 Å². The molecule has 0 radical (unpaired) electrons. The van der Waals surface area contributed by atoms with Crippen LogP contribution in [0.3, 0.4) is 0 Å². The first-order chi connectivity index (χ1) is 8.70. The van der Waals surface area contributed by atoms with Crippen LogP contribution >= 0.6 is 23.2 Å². The average Bonchev–Trinajstić information content (AvgIpc) is 2.33. The normalized spacial score (nSPS) is 15.2. The summed E-state index contributed by atoms with van der Waals surface area (Å²) < 4.78 is 26.8. The van der Waals surface area contributed by atoms with Crippen LogP contribution in [-0.4, -0.2) is 26.2 Å². The molecule has 1 rings (SSSR count). The maximum Gasteiger partial charge on any atom is 0.242 e. The first-order valence-electron chi connectivity index (χ1n) is 5.57. The molecule has 0 fully saturated rings. The van der Waals surface area contributed by atoms with Gasteiger partial charge in [0.25, 0.3) is 0 Å². The van der Waals surface area contributed by atoms with Crippen molar-refractivity contribution in [2.45, 2.75) is 24.8 Å². The number of nitrogens with two attached hydrogens (primary N) is 1. The lowest BCUT2D eigenvalue weighted by Gasteiger charge is -2.20. The number of aliphatic hydroxyl groups excluding tert-OH is 1. The van der Waals surface area contributed by atoms with Gasteiger partial charge in [-0.3, -0.25) is 0 Å². The summed E-state index contributed by atoms with van der Waals surface area (Å²) in [5, 5.41) is 9.10. The van der Waals surface area contributed by atoms with Crippen molar-refractivity contribution in [1.29, 1.82) is 0 Å². The molecule has 1 aromatic rings. The van der Waals surface area contributed by atoms with Crippen LogP contribution < -0.4 is 10.5 Å². The highest BCUT2D eigenvalue weighted by molar-refractivity contribution is 7.89. The second kappa shape index (κ2) is 6.28. The van der Waals surface area contributed by atoms with Gasteiger partial charge in [0.1, 0.15) is 4.90 Å². The molecule has 0 aromatic heterocycles. The van der Waals surface area contributed by atoms with Gasteiger partial charge in [-0.25, -0.2) is 13.1 Å². The maximum atomic E-state index is 12.2. The molecule has 8 heteroatoms. The summed E-state index contributed by atoms with van der Waals surface area (Å²) >= 11 is 11.7. The van der Waals surface area contributed by atoms with Crippen LogP contribution in [0.15, 0.2) is 17.0 Å². The zero-order valence-corrected chi connectivity index (χ0v) is 12.9. The Balaban J connectivity index is 3.12. The van der Waals surface area contributed by atoms with Crippen LogP contribution in [0.25, 0.3) is 0 Å². The molecular weight excluding hydrogens is 311 g/mol. The first-order valence-corrected chi connectivity index (χ1v) is 7.81. The van der Waals surface area contributed by atoms with E-state index in [-0.39, 0.29) is 33.2 Å². The number of nitrogen functional groups attached to an aromatic ring is 1. The van der Waals surface area contributed by atoms with E-state index in [0.29, 0.717) is 0 Å². The maximum absolute atomic E-state index is 12.2. The fraction of sp³-hybridized carbons (Fsp3) is 0.455. The summed E-state index contributed by atoms with van der Waals surface area (Å²) in [5.41, 5.74) is 5.62. The highest BCUT2D eigenvalue weighted by Gasteiger charge is 2.24. The summed E-state index contributed by atoms with van der Waals surface area (Å²) in [7, 11) is -3.82. The predicted octanol–water partition coefficient (Wildman–Crippen LogP) is 1.87. The van der Waals surface area contributed by atoms with Crippen molar-refractivity contribution in [2.75, 3.05) is 12.3 Å². The molecule has 0 saturated carbocycles. The molecule has 2 atom stereocenters. The molecule has 2 unspecified atom stereocenters. The second-order valence-corrected chi connectivity index (χ2v) is 6.81. The summed E-state index contributed by atoms with van der Waals surface area (Å²) in [5.74, 6) is -0.224. The van der Waals surface area contributed by atoms with E-state index in [2.05, 4.69) is 4.72 Å². The molecule has 4 N–H and O–H groups in total. The van der Waals surface area contributed by atoms with Gasteiger partial charge in [-0.05, 0) is 25.0 Å². The van der Waals surface area contributed by atoms with Crippen LogP contribution in [0.2, 0.25) is 10.0 Å². The molecule has 5 nitrogen and oxygen atoms in total. The van der Waals surface area contributed by atoms with Crippen molar-refractivity contribution in [1.82, 2.24) is 4.72 Å². The highest BCUT2D eigenvalue weighted by Crippen LogP contribution is 2.33.